The lowest BCUT2D eigenvalue weighted by Gasteiger charge is -2.20. The number of rotatable bonds is 11. The zero-order valence-corrected chi connectivity index (χ0v) is 22.9. The number of carbonyl (C=O) groups is 1. The van der Waals surface area contributed by atoms with Crippen molar-refractivity contribution in [2.45, 2.75) is 16.3 Å². The molecule has 38 heavy (non-hydrogen) atoms. The first kappa shape index (κ1) is 27.5. The van der Waals surface area contributed by atoms with Crippen LogP contribution in [0, 0.1) is 0 Å². The summed E-state index contributed by atoms with van der Waals surface area (Å²) in [5, 5.41) is 0.340. The molecule has 0 saturated heterocycles. The van der Waals surface area contributed by atoms with Gasteiger partial charge in [-0.2, -0.15) is 4.31 Å². The second kappa shape index (κ2) is 11.0. The number of hydrogen-bond donors (Lipinski definition) is 0. The van der Waals surface area contributed by atoms with Gasteiger partial charge in [-0.15, -0.1) is 13.2 Å². The van der Waals surface area contributed by atoms with Crippen molar-refractivity contribution in [3.63, 3.8) is 0 Å². The number of carbonyl (C=O) groups excluding carboxylic acids is 1. The lowest BCUT2D eigenvalue weighted by Crippen LogP contribution is -2.32. The molecule has 2 aromatic heterocycles. The van der Waals surface area contributed by atoms with Gasteiger partial charge >= 0.3 is 0 Å². The number of aromatic nitrogens is 1. The highest BCUT2D eigenvalue weighted by atomic mass is 32.2. The van der Waals surface area contributed by atoms with Crippen molar-refractivity contribution >= 4 is 52.5 Å². The summed E-state index contributed by atoms with van der Waals surface area (Å²) in [4.78, 5) is 19.8. The van der Waals surface area contributed by atoms with Gasteiger partial charge in [-0.1, -0.05) is 23.5 Å². The Morgan fingerprint density at radius 1 is 1.00 bits per heavy atom. The number of furan rings is 1. The number of amides is 1. The Labute approximate surface area is 225 Å². The third kappa shape index (κ3) is 5.78. The number of nitrogens with zero attached hydrogens (tertiary/aromatic N) is 3. The van der Waals surface area contributed by atoms with Crippen LogP contribution in [0.1, 0.15) is 16.1 Å². The molecule has 0 bridgehead atoms. The molecule has 12 heteroatoms. The summed E-state index contributed by atoms with van der Waals surface area (Å²) >= 11 is 1.17. The summed E-state index contributed by atoms with van der Waals surface area (Å²) in [5.41, 5.74) is 0.784. The van der Waals surface area contributed by atoms with Gasteiger partial charge in [-0.05, 0) is 54.6 Å². The van der Waals surface area contributed by atoms with Gasteiger partial charge in [-0.25, -0.2) is 21.8 Å². The predicted molar refractivity (Wildman–Crippen MR) is 148 cm³/mol. The van der Waals surface area contributed by atoms with Crippen molar-refractivity contribution in [2.75, 3.05) is 24.2 Å². The second-order valence-corrected chi connectivity index (χ2v) is 13.3. The van der Waals surface area contributed by atoms with Gasteiger partial charge < -0.3 is 4.42 Å². The molecular formula is C26H25N3O6S3. The monoisotopic (exact) mass is 571 g/mol. The van der Waals surface area contributed by atoms with Gasteiger partial charge in [-0.3, -0.25) is 9.69 Å². The third-order valence-electron chi connectivity index (χ3n) is 5.55. The van der Waals surface area contributed by atoms with E-state index in [0.29, 0.717) is 21.1 Å². The molecule has 4 aromatic rings. The number of sulfonamides is 1. The average molecular weight is 572 g/mol. The summed E-state index contributed by atoms with van der Waals surface area (Å²) in [6.07, 6.45) is 5.60. The van der Waals surface area contributed by atoms with Crippen molar-refractivity contribution in [2.24, 2.45) is 0 Å². The molecule has 0 aliphatic rings. The van der Waals surface area contributed by atoms with Crippen LogP contribution in [-0.4, -0.2) is 51.4 Å². The Bertz CT molecular complexity index is 1680. The predicted octanol–water partition coefficient (Wildman–Crippen LogP) is 4.50. The molecule has 198 valence electrons. The Hall–Kier alpha value is -3.58. The summed E-state index contributed by atoms with van der Waals surface area (Å²) in [7, 11) is -7.24. The first-order chi connectivity index (χ1) is 18.0. The second-order valence-electron chi connectivity index (χ2n) is 8.29. The summed E-state index contributed by atoms with van der Waals surface area (Å²) in [6.45, 7) is 7.51. The maximum absolute atomic E-state index is 13.6. The van der Waals surface area contributed by atoms with E-state index in [9.17, 15) is 21.6 Å². The lowest BCUT2D eigenvalue weighted by molar-refractivity contribution is 0.0983. The fraction of sp³-hybridized carbons (Fsp3) is 0.154. The maximum Gasteiger partial charge on any atom is 0.260 e. The smallest absolute Gasteiger partial charge is 0.260 e. The number of benzene rings is 2. The van der Waals surface area contributed by atoms with Crippen LogP contribution in [0.15, 0.2) is 100 Å². The van der Waals surface area contributed by atoms with E-state index in [0.717, 1.165) is 6.26 Å². The molecule has 9 nitrogen and oxygen atoms in total. The van der Waals surface area contributed by atoms with E-state index < -0.39 is 25.8 Å². The third-order valence-corrected chi connectivity index (χ3v) is 9.55. The zero-order chi connectivity index (χ0) is 27.5. The largest absolute Gasteiger partial charge is 0.467 e. The first-order valence-electron chi connectivity index (χ1n) is 11.3. The molecule has 0 unspecified atom stereocenters. The molecule has 2 heterocycles. The molecule has 0 aliphatic carbocycles. The highest BCUT2D eigenvalue weighted by Crippen LogP contribution is 2.32. The fourth-order valence-corrected chi connectivity index (χ4v) is 6.76. The minimum atomic E-state index is -3.82. The van der Waals surface area contributed by atoms with E-state index in [2.05, 4.69) is 18.1 Å². The molecule has 0 spiro atoms. The van der Waals surface area contributed by atoms with Gasteiger partial charge in [0.15, 0.2) is 15.0 Å². The first-order valence-corrected chi connectivity index (χ1v) is 15.5. The molecule has 0 radical (unpaired) electrons. The van der Waals surface area contributed by atoms with Crippen LogP contribution in [-0.2, 0) is 26.4 Å². The van der Waals surface area contributed by atoms with Gasteiger partial charge in [0.25, 0.3) is 5.91 Å². The quantitative estimate of drug-likeness (QED) is 0.243. The molecule has 0 atom stereocenters. The van der Waals surface area contributed by atoms with Gasteiger partial charge in [0, 0.05) is 24.9 Å². The minimum Gasteiger partial charge on any atom is -0.467 e. The van der Waals surface area contributed by atoms with Gasteiger partial charge in [0.1, 0.15) is 5.76 Å². The van der Waals surface area contributed by atoms with E-state index in [-0.39, 0.29) is 35.0 Å². The number of sulfone groups is 1. The Balaban J connectivity index is 1.70. The highest BCUT2D eigenvalue weighted by Gasteiger charge is 2.26. The average Bonchev–Trinajstić information content (AvgIpc) is 3.55. The van der Waals surface area contributed by atoms with E-state index in [1.807, 2.05) is 0 Å². The van der Waals surface area contributed by atoms with Crippen LogP contribution >= 0.6 is 11.3 Å². The van der Waals surface area contributed by atoms with Crippen molar-refractivity contribution in [1.29, 1.82) is 0 Å². The highest BCUT2D eigenvalue weighted by molar-refractivity contribution is 7.90. The Kier molecular flexibility index (Phi) is 7.97. The molecule has 0 aliphatic heterocycles. The molecule has 0 saturated carbocycles. The van der Waals surface area contributed by atoms with Crippen molar-refractivity contribution < 1.29 is 26.0 Å². The maximum atomic E-state index is 13.6. The molecule has 0 fully saturated rings. The molecule has 2 aromatic carbocycles. The van der Waals surface area contributed by atoms with Crippen molar-refractivity contribution in [3.8, 4) is 0 Å². The number of hydrogen-bond acceptors (Lipinski definition) is 8. The fourth-order valence-electron chi connectivity index (χ4n) is 3.66. The summed E-state index contributed by atoms with van der Waals surface area (Å²) in [6, 6.07) is 13.7. The standard InChI is InChI=1S/C26H25N3O6S3/c1-4-14-28(15-5-2)38(33,34)21-10-8-19(9-11-21)25(30)29(18-20-7-6-16-35-20)26-27-23-13-12-22(37(3,31)32)17-24(23)36-26/h4-13,16-17H,1-2,14-15,18H2,3H3. The van der Waals surface area contributed by atoms with E-state index in [1.54, 1.807) is 18.2 Å². The topological polar surface area (TPSA) is 118 Å². The normalized spacial score (nSPS) is 12.1. The number of fused-ring (bicyclic) bond motifs is 1. The zero-order valence-electron chi connectivity index (χ0n) is 20.5. The van der Waals surface area contributed by atoms with E-state index >= 15 is 0 Å². The van der Waals surface area contributed by atoms with Crippen LogP contribution in [0.4, 0.5) is 5.13 Å². The van der Waals surface area contributed by atoms with Crippen LogP contribution in [0.3, 0.4) is 0 Å². The van der Waals surface area contributed by atoms with E-state index in [4.69, 9.17) is 4.42 Å². The molecule has 0 N–H and O–H groups in total. The van der Waals surface area contributed by atoms with Crippen LogP contribution < -0.4 is 4.90 Å². The molecular weight excluding hydrogens is 547 g/mol. The Morgan fingerprint density at radius 3 is 2.24 bits per heavy atom. The number of anilines is 1. The van der Waals surface area contributed by atoms with Crippen molar-refractivity contribution in [1.82, 2.24) is 9.29 Å². The summed E-state index contributed by atoms with van der Waals surface area (Å²) in [5.74, 6) is 0.0832. The van der Waals surface area contributed by atoms with Crippen molar-refractivity contribution in [3.05, 3.63) is 97.5 Å². The van der Waals surface area contributed by atoms with Crippen LogP contribution in [0.2, 0.25) is 0 Å². The molecule has 1 amide bonds. The van der Waals surface area contributed by atoms with Crippen LogP contribution in [0.5, 0.6) is 0 Å². The molecule has 4 rings (SSSR count). The van der Waals surface area contributed by atoms with Gasteiger partial charge in [0.05, 0.1) is 32.8 Å². The summed E-state index contributed by atoms with van der Waals surface area (Å²) < 4.78 is 57.3. The number of thiazole rings is 1. The Morgan fingerprint density at radius 2 is 1.66 bits per heavy atom. The SMILES string of the molecule is C=CCN(CC=C)S(=O)(=O)c1ccc(C(=O)N(Cc2ccco2)c2nc3ccc(S(C)(=O)=O)cc3s2)cc1. The lowest BCUT2D eigenvalue weighted by atomic mass is 10.2. The minimum absolute atomic E-state index is 0.0311. The van der Waals surface area contributed by atoms with Crippen LogP contribution in [0.25, 0.3) is 10.2 Å². The van der Waals surface area contributed by atoms with Gasteiger partial charge in [0.2, 0.25) is 10.0 Å². The van der Waals surface area contributed by atoms with E-state index in [1.165, 1.54) is 75.4 Å².